The fourth-order valence-corrected chi connectivity index (χ4v) is 9.81. The van der Waals surface area contributed by atoms with Crippen molar-refractivity contribution >= 4 is 32.3 Å². The van der Waals surface area contributed by atoms with Crippen LogP contribution in [0.5, 0.6) is 0 Å². The molecule has 11 rings (SSSR count). The molecule has 2 nitrogen and oxygen atoms in total. The molecule has 0 N–H and O–H groups in total. The van der Waals surface area contributed by atoms with Crippen molar-refractivity contribution in [3.8, 4) is 55.9 Å². The van der Waals surface area contributed by atoms with Crippen molar-refractivity contribution < 1.29 is 0 Å². The van der Waals surface area contributed by atoms with E-state index in [1.165, 1.54) is 99.1 Å². The minimum atomic E-state index is -0.138. The molecular formula is C46H32N2. The summed E-state index contributed by atoms with van der Waals surface area (Å²) in [5, 5.41) is 8.03. The van der Waals surface area contributed by atoms with Crippen molar-refractivity contribution in [2.75, 3.05) is 0 Å². The van der Waals surface area contributed by atoms with E-state index < -0.39 is 0 Å². The Labute approximate surface area is 279 Å². The summed E-state index contributed by atoms with van der Waals surface area (Å²) in [5.41, 5.74) is 17.6. The highest BCUT2D eigenvalue weighted by atomic mass is 14.7. The zero-order valence-corrected chi connectivity index (χ0v) is 27.4. The van der Waals surface area contributed by atoms with Crippen molar-refractivity contribution in [2.24, 2.45) is 0 Å². The molecule has 2 heterocycles. The first-order valence-electron chi connectivity index (χ1n) is 17.0. The van der Waals surface area contributed by atoms with Gasteiger partial charge in [-0.1, -0.05) is 125 Å². The molecule has 8 aromatic rings. The first-order chi connectivity index (χ1) is 23.4. The molecule has 226 valence electrons. The van der Waals surface area contributed by atoms with E-state index in [0.717, 1.165) is 11.4 Å². The molecule has 0 spiro atoms. The molecule has 48 heavy (non-hydrogen) atoms. The summed E-state index contributed by atoms with van der Waals surface area (Å²) < 4.78 is 0. The maximum Gasteiger partial charge on any atom is 0.0752 e. The van der Waals surface area contributed by atoms with E-state index in [-0.39, 0.29) is 10.8 Å². The number of nitrogens with zero attached hydrogens (tertiary/aromatic N) is 2. The van der Waals surface area contributed by atoms with Gasteiger partial charge in [0.1, 0.15) is 0 Å². The van der Waals surface area contributed by atoms with Gasteiger partial charge in [-0.25, -0.2) is 0 Å². The molecule has 0 bridgehead atoms. The maximum atomic E-state index is 4.95. The molecule has 2 aromatic heterocycles. The summed E-state index contributed by atoms with van der Waals surface area (Å²) in [6.07, 6.45) is 4.00. The van der Waals surface area contributed by atoms with Crippen molar-refractivity contribution in [3.05, 3.63) is 144 Å². The lowest BCUT2D eigenvalue weighted by Gasteiger charge is -2.24. The van der Waals surface area contributed by atoms with Gasteiger partial charge >= 0.3 is 0 Å². The Bertz CT molecular complexity index is 2590. The molecule has 3 aliphatic carbocycles. The zero-order chi connectivity index (χ0) is 32.1. The van der Waals surface area contributed by atoms with Crippen LogP contribution in [0.25, 0.3) is 88.2 Å². The fourth-order valence-electron chi connectivity index (χ4n) is 9.81. The van der Waals surface area contributed by atoms with Crippen molar-refractivity contribution in [1.29, 1.82) is 0 Å². The van der Waals surface area contributed by atoms with Gasteiger partial charge < -0.3 is 0 Å². The molecule has 0 saturated heterocycles. The third-order valence-electron chi connectivity index (χ3n) is 11.9. The second-order valence-corrected chi connectivity index (χ2v) is 14.9. The number of aromatic nitrogens is 2. The summed E-state index contributed by atoms with van der Waals surface area (Å²) in [7, 11) is 0. The normalized spacial score (nSPS) is 15.4. The number of fused-ring (bicyclic) bond motifs is 7. The topological polar surface area (TPSA) is 25.8 Å². The molecule has 3 aliphatic rings. The van der Waals surface area contributed by atoms with Crippen LogP contribution in [0.3, 0.4) is 0 Å². The van der Waals surface area contributed by atoms with E-state index in [1.54, 1.807) is 0 Å². The van der Waals surface area contributed by atoms with E-state index in [9.17, 15) is 0 Å². The average molecular weight is 613 g/mol. The minimum Gasteiger partial charge on any atom is -0.256 e. The van der Waals surface area contributed by atoms with Gasteiger partial charge in [-0.15, -0.1) is 0 Å². The van der Waals surface area contributed by atoms with Crippen LogP contribution in [-0.2, 0) is 10.8 Å². The third-order valence-corrected chi connectivity index (χ3v) is 11.9. The highest BCUT2D eigenvalue weighted by Gasteiger charge is 2.40. The van der Waals surface area contributed by atoms with Crippen LogP contribution in [0.4, 0.5) is 0 Å². The first kappa shape index (κ1) is 26.5. The van der Waals surface area contributed by atoms with Crippen LogP contribution < -0.4 is 0 Å². The summed E-state index contributed by atoms with van der Waals surface area (Å²) in [6, 6.07) is 40.9. The highest BCUT2D eigenvalue weighted by Crippen LogP contribution is 2.56. The van der Waals surface area contributed by atoms with E-state index in [1.807, 2.05) is 12.4 Å². The molecule has 0 amide bonds. The Kier molecular flexibility index (Phi) is 4.77. The lowest BCUT2D eigenvalue weighted by molar-refractivity contribution is 0.660. The van der Waals surface area contributed by atoms with E-state index in [2.05, 4.69) is 137 Å². The molecule has 0 radical (unpaired) electrons. The van der Waals surface area contributed by atoms with Crippen LogP contribution >= 0.6 is 0 Å². The highest BCUT2D eigenvalue weighted by molar-refractivity contribution is 6.35. The van der Waals surface area contributed by atoms with Crippen LogP contribution in [0.15, 0.2) is 122 Å². The summed E-state index contributed by atoms with van der Waals surface area (Å²) in [6.45, 7) is 9.40. The Balaban J connectivity index is 1.18. The van der Waals surface area contributed by atoms with Crippen molar-refractivity contribution in [3.63, 3.8) is 0 Å². The van der Waals surface area contributed by atoms with Gasteiger partial charge in [-0.3, -0.25) is 9.97 Å². The van der Waals surface area contributed by atoms with Gasteiger partial charge in [0.15, 0.2) is 0 Å². The van der Waals surface area contributed by atoms with Gasteiger partial charge in [-0.05, 0) is 100 Å². The van der Waals surface area contributed by atoms with Crippen LogP contribution in [0.2, 0.25) is 0 Å². The summed E-state index contributed by atoms with van der Waals surface area (Å²) >= 11 is 0. The van der Waals surface area contributed by atoms with Gasteiger partial charge in [0.25, 0.3) is 0 Å². The third kappa shape index (κ3) is 3.01. The van der Waals surface area contributed by atoms with Crippen LogP contribution in [-0.4, -0.2) is 9.97 Å². The molecule has 2 heteroatoms. The Morgan fingerprint density at radius 1 is 0.375 bits per heavy atom. The van der Waals surface area contributed by atoms with Gasteiger partial charge in [-0.2, -0.15) is 0 Å². The molecule has 0 saturated carbocycles. The molecule has 0 unspecified atom stereocenters. The molecule has 0 aliphatic heterocycles. The minimum absolute atomic E-state index is 0.138. The molecule has 0 fully saturated rings. The lowest BCUT2D eigenvalue weighted by atomic mass is 9.78. The van der Waals surface area contributed by atoms with E-state index in [4.69, 9.17) is 9.97 Å². The SMILES string of the molecule is CC1(C)c2ccccc2-c2nccc(-c3ccc4c5c3ccc3ccc6c(-c7ccnc8c7C(C)(C)c7ccccc7-8)ccc-4c6c35)c21. The average Bonchev–Trinajstić information content (AvgIpc) is 3.67. The Morgan fingerprint density at radius 2 is 0.812 bits per heavy atom. The first-order valence-corrected chi connectivity index (χ1v) is 17.0. The molecular weight excluding hydrogens is 581 g/mol. The summed E-state index contributed by atoms with van der Waals surface area (Å²) in [4.78, 5) is 9.90. The van der Waals surface area contributed by atoms with Crippen LogP contribution in [0.1, 0.15) is 49.9 Å². The molecule has 0 atom stereocenters. The van der Waals surface area contributed by atoms with Crippen LogP contribution in [0, 0.1) is 0 Å². The Morgan fingerprint density at radius 3 is 1.29 bits per heavy atom. The van der Waals surface area contributed by atoms with Crippen molar-refractivity contribution in [1.82, 2.24) is 9.97 Å². The largest absolute Gasteiger partial charge is 0.256 e. The zero-order valence-electron chi connectivity index (χ0n) is 27.4. The van der Waals surface area contributed by atoms with E-state index >= 15 is 0 Å². The van der Waals surface area contributed by atoms with Crippen molar-refractivity contribution in [2.45, 2.75) is 38.5 Å². The van der Waals surface area contributed by atoms with E-state index in [0.29, 0.717) is 0 Å². The monoisotopic (exact) mass is 612 g/mol. The fraction of sp³-hybridized carbons (Fsp3) is 0.130. The van der Waals surface area contributed by atoms with Gasteiger partial charge in [0, 0.05) is 34.4 Å². The standard InChI is InChI=1S/C46H32N2/c1-45(2)36-11-7-5-9-34(36)43-41(45)32(21-23-47-43)26-17-19-30-31-20-18-27(29-16-14-25-13-15-28(26)39(30)38(25)40(29)31)33-22-24-48-44-35-10-6-8-12-37(35)46(3,4)42(33)44/h5-24H,1-4H3. The number of benzene rings is 6. The number of hydrogen-bond donors (Lipinski definition) is 0. The number of rotatable bonds is 2. The quantitative estimate of drug-likeness (QED) is 0.182. The second-order valence-electron chi connectivity index (χ2n) is 14.9. The number of pyridine rings is 2. The summed E-state index contributed by atoms with van der Waals surface area (Å²) in [5.74, 6) is 0. The predicted molar refractivity (Wildman–Crippen MR) is 200 cm³/mol. The smallest absolute Gasteiger partial charge is 0.0752 e. The maximum absolute atomic E-state index is 4.95. The second kappa shape index (κ2) is 8.65. The Hall–Kier alpha value is -5.60. The molecule has 6 aromatic carbocycles. The number of hydrogen-bond acceptors (Lipinski definition) is 2. The predicted octanol–water partition coefficient (Wildman–Crippen LogP) is 11.9. The lowest BCUT2D eigenvalue weighted by Crippen LogP contribution is -2.16. The van der Waals surface area contributed by atoms with Gasteiger partial charge in [0.05, 0.1) is 11.4 Å². The van der Waals surface area contributed by atoms with Gasteiger partial charge in [0.2, 0.25) is 0 Å².